The molecule has 90 valence electrons. The highest BCUT2D eigenvalue weighted by molar-refractivity contribution is 5.88. The van der Waals surface area contributed by atoms with Crippen LogP contribution in [0.2, 0.25) is 0 Å². The summed E-state index contributed by atoms with van der Waals surface area (Å²) < 4.78 is 1.79. The van der Waals surface area contributed by atoms with Gasteiger partial charge < -0.3 is 10.2 Å². The van der Waals surface area contributed by atoms with Gasteiger partial charge in [0, 0.05) is 27.2 Å². The molecule has 17 heavy (non-hydrogen) atoms. The Hall–Kier alpha value is -1.85. The second kappa shape index (κ2) is 3.87. The zero-order valence-electron chi connectivity index (χ0n) is 10.1. The summed E-state index contributed by atoms with van der Waals surface area (Å²) in [5.74, 6) is 1.66. The van der Waals surface area contributed by atoms with E-state index in [0.29, 0.717) is 5.95 Å². The van der Waals surface area contributed by atoms with Gasteiger partial charge in [0.2, 0.25) is 5.95 Å². The Morgan fingerprint density at radius 1 is 1.24 bits per heavy atom. The van der Waals surface area contributed by atoms with Crippen molar-refractivity contribution < 1.29 is 0 Å². The average Bonchev–Trinajstić information content (AvgIpc) is 2.98. The molecule has 1 aliphatic heterocycles. The summed E-state index contributed by atoms with van der Waals surface area (Å²) in [4.78, 5) is 11.3. The monoisotopic (exact) mass is 232 g/mol. The Balaban J connectivity index is 2.20. The molecule has 0 aliphatic carbocycles. The molecule has 3 rings (SSSR count). The molecule has 0 bridgehead atoms. The van der Waals surface area contributed by atoms with Gasteiger partial charge in [-0.15, -0.1) is 0 Å². The lowest BCUT2D eigenvalue weighted by molar-refractivity contribution is 0.785. The number of fused-ring (bicyclic) bond motifs is 1. The summed E-state index contributed by atoms with van der Waals surface area (Å²) in [7, 11) is 3.74. The van der Waals surface area contributed by atoms with Crippen LogP contribution in [0.3, 0.4) is 0 Å². The molecule has 0 unspecified atom stereocenters. The van der Waals surface area contributed by atoms with Crippen LogP contribution in [0.4, 0.5) is 11.8 Å². The molecule has 0 amide bonds. The van der Waals surface area contributed by atoms with Crippen molar-refractivity contribution in [2.75, 3.05) is 30.4 Å². The van der Waals surface area contributed by atoms with Crippen molar-refractivity contribution >= 4 is 22.8 Å². The molecule has 1 fully saturated rings. The predicted octanol–water partition coefficient (Wildman–Crippen LogP) is 1.01. The topological polar surface area (TPSA) is 58.9 Å². The maximum Gasteiger partial charge on any atom is 0.226 e. The van der Waals surface area contributed by atoms with Crippen LogP contribution in [0.5, 0.6) is 0 Å². The van der Waals surface area contributed by atoms with Gasteiger partial charge in [-0.25, -0.2) is 0 Å². The van der Waals surface area contributed by atoms with Crippen LogP contribution in [0.15, 0.2) is 6.20 Å². The molecule has 2 aromatic rings. The summed E-state index contributed by atoms with van der Waals surface area (Å²) in [6.07, 6.45) is 4.32. The van der Waals surface area contributed by atoms with Crippen molar-refractivity contribution in [1.82, 2.24) is 19.7 Å². The van der Waals surface area contributed by atoms with Gasteiger partial charge in [-0.3, -0.25) is 4.68 Å². The third kappa shape index (κ3) is 1.60. The van der Waals surface area contributed by atoms with E-state index in [4.69, 9.17) is 0 Å². The molecule has 3 heterocycles. The molecule has 1 N–H and O–H groups in total. The first-order valence-corrected chi connectivity index (χ1v) is 5.92. The Morgan fingerprint density at radius 2 is 2.00 bits per heavy atom. The highest BCUT2D eigenvalue weighted by Crippen LogP contribution is 2.27. The first-order valence-electron chi connectivity index (χ1n) is 5.92. The van der Waals surface area contributed by atoms with Crippen LogP contribution in [0, 0.1) is 0 Å². The molecule has 0 saturated carbocycles. The van der Waals surface area contributed by atoms with Crippen molar-refractivity contribution in [3.05, 3.63) is 6.20 Å². The van der Waals surface area contributed by atoms with Crippen molar-refractivity contribution in [3.63, 3.8) is 0 Å². The maximum absolute atomic E-state index is 4.57. The Morgan fingerprint density at radius 3 is 2.71 bits per heavy atom. The Kier molecular flexibility index (Phi) is 2.35. The van der Waals surface area contributed by atoms with E-state index in [9.17, 15) is 0 Å². The van der Waals surface area contributed by atoms with Gasteiger partial charge in [0.1, 0.15) is 5.82 Å². The lowest BCUT2D eigenvalue weighted by Gasteiger charge is -2.17. The minimum absolute atomic E-state index is 0.656. The fourth-order valence-electron chi connectivity index (χ4n) is 2.29. The fourth-order valence-corrected chi connectivity index (χ4v) is 2.29. The predicted molar refractivity (Wildman–Crippen MR) is 67.3 cm³/mol. The van der Waals surface area contributed by atoms with Gasteiger partial charge in [-0.1, -0.05) is 0 Å². The Bertz CT molecular complexity index is 540. The van der Waals surface area contributed by atoms with Gasteiger partial charge in [0.25, 0.3) is 0 Å². The summed E-state index contributed by atoms with van der Waals surface area (Å²) in [6, 6.07) is 0. The summed E-state index contributed by atoms with van der Waals surface area (Å²) in [5.41, 5.74) is 0.881. The number of hydrogen-bond acceptors (Lipinski definition) is 5. The summed E-state index contributed by atoms with van der Waals surface area (Å²) in [5, 5.41) is 8.31. The second-order valence-electron chi connectivity index (χ2n) is 4.32. The van der Waals surface area contributed by atoms with Gasteiger partial charge in [-0.05, 0) is 12.8 Å². The molecule has 1 aliphatic rings. The minimum Gasteiger partial charge on any atom is -0.357 e. The first kappa shape index (κ1) is 10.3. The van der Waals surface area contributed by atoms with Crippen LogP contribution in [-0.2, 0) is 7.05 Å². The third-order valence-electron chi connectivity index (χ3n) is 3.20. The van der Waals surface area contributed by atoms with Crippen LogP contribution in [0.25, 0.3) is 11.0 Å². The molecule has 2 aromatic heterocycles. The molecule has 6 heteroatoms. The average molecular weight is 232 g/mol. The highest BCUT2D eigenvalue weighted by Gasteiger charge is 2.19. The maximum atomic E-state index is 4.57. The van der Waals surface area contributed by atoms with Crippen LogP contribution < -0.4 is 10.2 Å². The van der Waals surface area contributed by atoms with Crippen molar-refractivity contribution in [2.24, 2.45) is 7.05 Å². The van der Waals surface area contributed by atoms with Gasteiger partial charge in [-0.2, -0.15) is 15.1 Å². The SMILES string of the molecule is CNc1nc(N2CCCC2)c2cnn(C)c2n1. The van der Waals surface area contributed by atoms with Gasteiger partial charge >= 0.3 is 0 Å². The van der Waals surface area contributed by atoms with E-state index in [2.05, 4.69) is 25.3 Å². The number of rotatable bonds is 2. The van der Waals surface area contributed by atoms with E-state index in [0.717, 1.165) is 29.9 Å². The van der Waals surface area contributed by atoms with Gasteiger partial charge in [0.15, 0.2) is 5.65 Å². The van der Waals surface area contributed by atoms with Crippen LogP contribution in [0.1, 0.15) is 12.8 Å². The molecule has 0 atom stereocenters. The number of nitrogens with zero attached hydrogens (tertiary/aromatic N) is 5. The zero-order chi connectivity index (χ0) is 11.8. The van der Waals surface area contributed by atoms with Crippen LogP contribution in [-0.4, -0.2) is 39.9 Å². The van der Waals surface area contributed by atoms with E-state index < -0.39 is 0 Å². The van der Waals surface area contributed by atoms with Crippen molar-refractivity contribution in [2.45, 2.75) is 12.8 Å². The molecule has 0 aromatic carbocycles. The molecule has 6 nitrogen and oxygen atoms in total. The second-order valence-corrected chi connectivity index (χ2v) is 4.32. The number of aromatic nitrogens is 4. The van der Waals surface area contributed by atoms with E-state index in [1.165, 1.54) is 12.8 Å². The van der Waals surface area contributed by atoms with Gasteiger partial charge in [0.05, 0.1) is 11.6 Å². The molecular formula is C11H16N6. The van der Waals surface area contributed by atoms with E-state index in [1.54, 1.807) is 4.68 Å². The standard InChI is InChI=1S/C11H16N6/c1-12-11-14-9-8(7-13-16(9)2)10(15-11)17-5-3-4-6-17/h7H,3-6H2,1-2H3,(H,12,14,15). The van der Waals surface area contributed by atoms with Crippen LogP contribution >= 0.6 is 0 Å². The minimum atomic E-state index is 0.656. The quantitative estimate of drug-likeness (QED) is 0.837. The smallest absolute Gasteiger partial charge is 0.226 e. The largest absolute Gasteiger partial charge is 0.357 e. The number of hydrogen-bond donors (Lipinski definition) is 1. The Labute approximate surface area is 99.7 Å². The van der Waals surface area contributed by atoms with Crippen molar-refractivity contribution in [1.29, 1.82) is 0 Å². The molecule has 0 spiro atoms. The van der Waals surface area contributed by atoms with E-state index in [-0.39, 0.29) is 0 Å². The first-order chi connectivity index (χ1) is 8.29. The molecule has 0 radical (unpaired) electrons. The fraction of sp³-hybridized carbons (Fsp3) is 0.545. The highest BCUT2D eigenvalue weighted by atomic mass is 15.3. The van der Waals surface area contributed by atoms with E-state index in [1.807, 2.05) is 20.3 Å². The normalized spacial score (nSPS) is 15.8. The lowest BCUT2D eigenvalue weighted by atomic mass is 10.3. The molecular weight excluding hydrogens is 216 g/mol. The third-order valence-corrected chi connectivity index (χ3v) is 3.20. The molecule has 1 saturated heterocycles. The number of anilines is 2. The summed E-state index contributed by atoms with van der Waals surface area (Å²) >= 11 is 0. The van der Waals surface area contributed by atoms with Crippen molar-refractivity contribution in [3.8, 4) is 0 Å². The number of nitrogens with one attached hydrogen (secondary N) is 1. The van der Waals surface area contributed by atoms with E-state index >= 15 is 0 Å². The number of aryl methyl sites for hydroxylation is 1. The summed E-state index contributed by atoms with van der Waals surface area (Å²) in [6.45, 7) is 2.15. The zero-order valence-corrected chi connectivity index (χ0v) is 10.1. The lowest BCUT2D eigenvalue weighted by Crippen LogP contribution is -2.20.